The van der Waals surface area contributed by atoms with Crippen LogP contribution < -0.4 is 10.5 Å². The molecule has 0 bridgehead atoms. The van der Waals surface area contributed by atoms with Crippen LogP contribution in [-0.2, 0) is 5.60 Å². The number of nitrogens with two attached hydrogens (primary N) is 1. The van der Waals surface area contributed by atoms with Crippen molar-refractivity contribution >= 4 is 0 Å². The van der Waals surface area contributed by atoms with Crippen LogP contribution in [0.15, 0.2) is 12.1 Å². The van der Waals surface area contributed by atoms with E-state index in [1.54, 1.807) is 7.11 Å². The molecule has 17 heavy (non-hydrogen) atoms. The first-order valence-corrected chi connectivity index (χ1v) is 6.11. The molecule has 0 heterocycles. The van der Waals surface area contributed by atoms with E-state index in [1.807, 2.05) is 26.0 Å². The molecule has 1 aliphatic carbocycles. The minimum atomic E-state index is -0.860. The van der Waals surface area contributed by atoms with Crippen LogP contribution in [0.5, 0.6) is 5.75 Å². The average Bonchev–Trinajstić information content (AvgIpc) is 3.15. The van der Waals surface area contributed by atoms with Gasteiger partial charge in [-0.2, -0.15) is 0 Å². The number of ether oxygens (including phenoxy) is 1. The smallest absolute Gasteiger partial charge is 0.122 e. The second-order valence-electron chi connectivity index (χ2n) is 5.04. The molecule has 1 aromatic rings. The van der Waals surface area contributed by atoms with Gasteiger partial charge in [-0.15, -0.1) is 0 Å². The Labute approximate surface area is 103 Å². The minimum Gasteiger partial charge on any atom is -0.496 e. The lowest BCUT2D eigenvalue weighted by Gasteiger charge is -2.29. The molecule has 1 aromatic carbocycles. The molecule has 0 amide bonds. The molecule has 1 unspecified atom stereocenters. The van der Waals surface area contributed by atoms with Crippen LogP contribution in [0.3, 0.4) is 0 Å². The summed E-state index contributed by atoms with van der Waals surface area (Å²) in [5, 5.41) is 10.7. The maximum atomic E-state index is 10.7. The van der Waals surface area contributed by atoms with E-state index in [0.29, 0.717) is 5.92 Å². The Bertz CT molecular complexity index is 426. The Morgan fingerprint density at radius 1 is 1.35 bits per heavy atom. The maximum Gasteiger partial charge on any atom is 0.122 e. The van der Waals surface area contributed by atoms with Gasteiger partial charge in [-0.1, -0.05) is 0 Å². The Hall–Kier alpha value is -1.06. The zero-order chi connectivity index (χ0) is 12.6. The van der Waals surface area contributed by atoms with Gasteiger partial charge in [-0.05, 0) is 61.4 Å². The van der Waals surface area contributed by atoms with Crippen molar-refractivity contribution in [2.45, 2.75) is 32.3 Å². The first-order valence-electron chi connectivity index (χ1n) is 6.11. The van der Waals surface area contributed by atoms with Gasteiger partial charge in [0, 0.05) is 6.54 Å². The maximum absolute atomic E-state index is 10.7. The van der Waals surface area contributed by atoms with Gasteiger partial charge in [0.05, 0.1) is 7.11 Å². The van der Waals surface area contributed by atoms with Gasteiger partial charge >= 0.3 is 0 Å². The van der Waals surface area contributed by atoms with Gasteiger partial charge in [-0.25, -0.2) is 0 Å². The molecule has 3 nitrogen and oxygen atoms in total. The summed E-state index contributed by atoms with van der Waals surface area (Å²) in [6.45, 7) is 4.27. The number of hydrogen-bond acceptors (Lipinski definition) is 3. The van der Waals surface area contributed by atoms with Crippen LogP contribution >= 0.6 is 0 Å². The van der Waals surface area contributed by atoms with Crippen molar-refractivity contribution in [3.8, 4) is 5.75 Å². The normalized spacial score (nSPS) is 18.9. The van der Waals surface area contributed by atoms with Crippen molar-refractivity contribution in [1.82, 2.24) is 0 Å². The molecule has 2 rings (SSSR count). The summed E-state index contributed by atoms with van der Waals surface area (Å²) in [5.41, 5.74) is 7.98. The Morgan fingerprint density at radius 2 is 2.00 bits per heavy atom. The lowest BCUT2D eigenvalue weighted by Crippen LogP contribution is -2.37. The van der Waals surface area contributed by atoms with Gasteiger partial charge in [0.15, 0.2) is 0 Å². The molecular weight excluding hydrogens is 214 g/mol. The summed E-state index contributed by atoms with van der Waals surface area (Å²) in [6.07, 6.45) is 2.14. The third-order valence-electron chi connectivity index (χ3n) is 3.77. The molecular formula is C14H21NO2. The first kappa shape index (κ1) is 12.4. The van der Waals surface area contributed by atoms with Gasteiger partial charge in [0.2, 0.25) is 0 Å². The minimum absolute atomic E-state index is 0.282. The van der Waals surface area contributed by atoms with E-state index in [1.165, 1.54) is 0 Å². The van der Waals surface area contributed by atoms with Crippen LogP contribution in [0.4, 0.5) is 0 Å². The molecule has 1 atom stereocenters. The van der Waals surface area contributed by atoms with Gasteiger partial charge in [0.1, 0.15) is 11.4 Å². The van der Waals surface area contributed by atoms with Crippen LogP contribution in [0.25, 0.3) is 0 Å². The largest absolute Gasteiger partial charge is 0.496 e. The van der Waals surface area contributed by atoms with Gasteiger partial charge in [-0.3, -0.25) is 0 Å². The highest BCUT2D eigenvalue weighted by atomic mass is 16.5. The van der Waals surface area contributed by atoms with E-state index in [9.17, 15) is 5.11 Å². The predicted molar refractivity (Wildman–Crippen MR) is 68.1 cm³/mol. The molecule has 0 radical (unpaired) electrons. The van der Waals surface area contributed by atoms with Crippen LogP contribution in [0.2, 0.25) is 0 Å². The number of hydrogen-bond donors (Lipinski definition) is 2. The molecule has 1 saturated carbocycles. The molecule has 3 N–H and O–H groups in total. The first-order chi connectivity index (χ1) is 8.02. The summed E-state index contributed by atoms with van der Waals surface area (Å²) in [7, 11) is 1.66. The van der Waals surface area contributed by atoms with Crippen molar-refractivity contribution in [2.24, 2.45) is 11.7 Å². The lowest BCUT2D eigenvalue weighted by molar-refractivity contribution is 0.0215. The summed E-state index contributed by atoms with van der Waals surface area (Å²) in [6, 6.07) is 3.99. The molecule has 0 spiro atoms. The van der Waals surface area contributed by atoms with Crippen molar-refractivity contribution in [3.63, 3.8) is 0 Å². The number of benzene rings is 1. The number of methoxy groups -OCH3 is 1. The highest BCUT2D eigenvalue weighted by Gasteiger charge is 2.44. The fourth-order valence-electron chi connectivity index (χ4n) is 2.53. The highest BCUT2D eigenvalue weighted by molar-refractivity contribution is 5.44. The zero-order valence-corrected chi connectivity index (χ0v) is 10.8. The van der Waals surface area contributed by atoms with Gasteiger partial charge in [0.25, 0.3) is 0 Å². The SMILES string of the molecule is COc1cc(C)c(C(O)(CN)C2CC2)cc1C. The molecule has 0 aromatic heterocycles. The highest BCUT2D eigenvalue weighted by Crippen LogP contribution is 2.46. The van der Waals surface area contributed by atoms with E-state index in [4.69, 9.17) is 10.5 Å². The third kappa shape index (κ3) is 2.05. The molecule has 94 valence electrons. The quantitative estimate of drug-likeness (QED) is 0.837. The Morgan fingerprint density at radius 3 is 2.47 bits per heavy atom. The summed E-state index contributed by atoms with van der Waals surface area (Å²) in [4.78, 5) is 0. The molecule has 1 aliphatic rings. The monoisotopic (exact) mass is 235 g/mol. The van der Waals surface area contributed by atoms with Crippen molar-refractivity contribution in [3.05, 3.63) is 28.8 Å². The average molecular weight is 235 g/mol. The fraction of sp³-hybridized carbons (Fsp3) is 0.571. The second-order valence-corrected chi connectivity index (χ2v) is 5.04. The van der Waals surface area contributed by atoms with E-state index >= 15 is 0 Å². The lowest BCUT2D eigenvalue weighted by atomic mass is 9.85. The van der Waals surface area contributed by atoms with Crippen molar-refractivity contribution < 1.29 is 9.84 Å². The number of rotatable bonds is 4. The van der Waals surface area contributed by atoms with E-state index in [-0.39, 0.29) is 6.54 Å². The third-order valence-corrected chi connectivity index (χ3v) is 3.77. The molecule has 0 aliphatic heterocycles. The van der Waals surface area contributed by atoms with E-state index in [0.717, 1.165) is 35.3 Å². The van der Waals surface area contributed by atoms with Crippen molar-refractivity contribution in [1.29, 1.82) is 0 Å². The topological polar surface area (TPSA) is 55.5 Å². The van der Waals surface area contributed by atoms with E-state index < -0.39 is 5.60 Å². The summed E-state index contributed by atoms with van der Waals surface area (Å²) in [5.74, 6) is 1.18. The summed E-state index contributed by atoms with van der Waals surface area (Å²) >= 11 is 0. The standard InChI is InChI=1S/C14H21NO2/c1-9-7-13(17-3)10(2)6-12(9)14(16,8-15)11-4-5-11/h6-7,11,16H,4-5,8,15H2,1-3H3. The molecule has 1 fully saturated rings. The van der Waals surface area contributed by atoms with Gasteiger partial charge < -0.3 is 15.6 Å². The summed E-state index contributed by atoms with van der Waals surface area (Å²) < 4.78 is 5.29. The second kappa shape index (κ2) is 4.31. The van der Waals surface area contributed by atoms with Crippen LogP contribution in [0.1, 0.15) is 29.5 Å². The number of aryl methyl sites for hydroxylation is 2. The Kier molecular flexibility index (Phi) is 3.15. The zero-order valence-electron chi connectivity index (χ0n) is 10.8. The molecule has 3 heteroatoms. The van der Waals surface area contributed by atoms with Crippen molar-refractivity contribution in [2.75, 3.05) is 13.7 Å². The predicted octanol–water partition coefficient (Wildman–Crippen LogP) is 1.87. The molecule has 0 saturated heterocycles. The Balaban J connectivity index is 2.47. The number of aliphatic hydroxyl groups is 1. The fourth-order valence-corrected chi connectivity index (χ4v) is 2.53. The van der Waals surface area contributed by atoms with Crippen LogP contribution in [-0.4, -0.2) is 18.8 Å². The van der Waals surface area contributed by atoms with E-state index in [2.05, 4.69) is 0 Å². The van der Waals surface area contributed by atoms with Crippen LogP contribution in [0, 0.1) is 19.8 Å².